The molecule has 0 atom stereocenters. The van der Waals surface area contributed by atoms with Gasteiger partial charge in [-0.05, 0) is 32.9 Å². The first kappa shape index (κ1) is 14.4. The number of fused-ring (bicyclic) bond motifs is 1. The molecule has 2 heterocycles. The van der Waals surface area contributed by atoms with Crippen LogP contribution in [0.2, 0.25) is 0 Å². The van der Waals surface area contributed by atoms with Crippen molar-refractivity contribution in [2.45, 2.75) is 32.9 Å². The fraction of sp³-hybridized carbons (Fsp3) is 0.400. The molecule has 116 valence electrons. The molecule has 0 aliphatic rings. The van der Waals surface area contributed by atoms with E-state index in [9.17, 15) is 4.79 Å². The second-order valence-electron chi connectivity index (χ2n) is 6.29. The van der Waals surface area contributed by atoms with Gasteiger partial charge in [-0.2, -0.15) is 0 Å². The first-order valence-electron chi connectivity index (χ1n) is 7.10. The van der Waals surface area contributed by atoms with Gasteiger partial charge < -0.3 is 9.73 Å². The lowest BCUT2D eigenvalue weighted by Crippen LogP contribution is -2.22. The molecule has 0 saturated heterocycles. The number of aromatic nitrogens is 4. The molecule has 0 amide bonds. The molecule has 0 spiro atoms. The largest absolute Gasteiger partial charge is 0.419 e. The maximum Gasteiger partial charge on any atom is 0.419 e. The van der Waals surface area contributed by atoms with Gasteiger partial charge in [-0.1, -0.05) is 5.21 Å². The molecule has 2 aromatic heterocycles. The minimum absolute atomic E-state index is 0.0857. The van der Waals surface area contributed by atoms with Crippen LogP contribution in [-0.2, 0) is 19.1 Å². The van der Waals surface area contributed by atoms with E-state index < -0.39 is 0 Å². The molecule has 22 heavy (non-hydrogen) atoms. The molecule has 0 saturated carbocycles. The molecule has 0 aliphatic carbocycles. The van der Waals surface area contributed by atoms with Crippen LogP contribution in [0.1, 0.15) is 26.5 Å². The van der Waals surface area contributed by atoms with Crippen molar-refractivity contribution in [2.24, 2.45) is 7.05 Å². The summed E-state index contributed by atoms with van der Waals surface area (Å²) in [6.07, 6.45) is 1.92. The summed E-state index contributed by atoms with van der Waals surface area (Å²) in [5.41, 5.74) is 2.97. The van der Waals surface area contributed by atoms with Gasteiger partial charge in [0.15, 0.2) is 5.58 Å². The van der Waals surface area contributed by atoms with Crippen molar-refractivity contribution < 1.29 is 4.42 Å². The van der Waals surface area contributed by atoms with Crippen LogP contribution in [0.3, 0.4) is 0 Å². The highest BCUT2D eigenvalue weighted by atomic mass is 16.4. The minimum atomic E-state index is -0.361. The van der Waals surface area contributed by atoms with E-state index in [1.807, 2.05) is 29.1 Å². The van der Waals surface area contributed by atoms with Crippen LogP contribution in [0.15, 0.2) is 33.6 Å². The summed E-state index contributed by atoms with van der Waals surface area (Å²) in [7, 11) is 1.69. The molecule has 1 N–H and O–H groups in total. The van der Waals surface area contributed by atoms with Gasteiger partial charge in [0, 0.05) is 18.8 Å². The molecule has 1 aromatic carbocycles. The Morgan fingerprint density at radius 3 is 2.77 bits per heavy atom. The van der Waals surface area contributed by atoms with Gasteiger partial charge in [0.25, 0.3) is 0 Å². The zero-order chi connectivity index (χ0) is 15.9. The third kappa shape index (κ3) is 2.61. The molecule has 3 rings (SSSR count). The Morgan fingerprint density at radius 1 is 1.32 bits per heavy atom. The molecule has 0 aliphatic heterocycles. The van der Waals surface area contributed by atoms with Crippen molar-refractivity contribution in [1.82, 2.24) is 19.6 Å². The lowest BCUT2D eigenvalue weighted by Gasteiger charge is -2.17. The number of rotatable bonds is 3. The van der Waals surface area contributed by atoms with E-state index in [0.29, 0.717) is 12.1 Å². The van der Waals surface area contributed by atoms with Gasteiger partial charge >= 0.3 is 5.76 Å². The smallest absolute Gasteiger partial charge is 0.408 e. The van der Waals surface area contributed by atoms with Crippen molar-refractivity contribution in [3.63, 3.8) is 0 Å². The Morgan fingerprint density at radius 2 is 2.09 bits per heavy atom. The lowest BCUT2D eigenvalue weighted by atomic mass is 10.1. The quantitative estimate of drug-likeness (QED) is 0.801. The van der Waals surface area contributed by atoms with Gasteiger partial charge in [-0.3, -0.25) is 4.57 Å². The summed E-state index contributed by atoms with van der Waals surface area (Å²) in [5, 5.41) is 11.5. The van der Waals surface area contributed by atoms with E-state index in [2.05, 4.69) is 36.4 Å². The van der Waals surface area contributed by atoms with Crippen LogP contribution in [0.4, 0.5) is 5.69 Å². The molecule has 7 heteroatoms. The van der Waals surface area contributed by atoms with Gasteiger partial charge in [0.2, 0.25) is 0 Å². The van der Waals surface area contributed by atoms with Crippen LogP contribution >= 0.6 is 0 Å². The summed E-state index contributed by atoms with van der Waals surface area (Å²) in [6.45, 7) is 6.78. The highest BCUT2D eigenvalue weighted by Gasteiger charge is 2.15. The number of hydrogen-bond acceptors (Lipinski definition) is 5. The number of anilines is 1. The molecule has 0 bridgehead atoms. The van der Waals surface area contributed by atoms with E-state index >= 15 is 0 Å². The first-order valence-corrected chi connectivity index (χ1v) is 7.10. The highest BCUT2D eigenvalue weighted by molar-refractivity contribution is 5.77. The Kier molecular flexibility index (Phi) is 3.27. The maximum atomic E-state index is 11.5. The fourth-order valence-electron chi connectivity index (χ4n) is 2.14. The van der Waals surface area contributed by atoms with E-state index in [-0.39, 0.29) is 11.3 Å². The number of benzene rings is 1. The minimum Gasteiger partial charge on any atom is -0.408 e. The van der Waals surface area contributed by atoms with Gasteiger partial charge in [0.05, 0.1) is 23.8 Å². The predicted molar refractivity (Wildman–Crippen MR) is 83.8 cm³/mol. The van der Waals surface area contributed by atoms with Crippen molar-refractivity contribution in [1.29, 1.82) is 0 Å². The van der Waals surface area contributed by atoms with Crippen molar-refractivity contribution in [2.75, 3.05) is 5.32 Å². The van der Waals surface area contributed by atoms with Gasteiger partial charge in [-0.25, -0.2) is 9.48 Å². The Labute approximate surface area is 127 Å². The zero-order valence-corrected chi connectivity index (χ0v) is 13.1. The van der Waals surface area contributed by atoms with E-state index in [0.717, 1.165) is 16.9 Å². The number of aryl methyl sites for hydroxylation is 1. The summed E-state index contributed by atoms with van der Waals surface area (Å²) >= 11 is 0. The topological polar surface area (TPSA) is 77.9 Å². The number of oxazole rings is 1. The van der Waals surface area contributed by atoms with Crippen LogP contribution in [0.5, 0.6) is 0 Å². The van der Waals surface area contributed by atoms with Crippen LogP contribution in [0.25, 0.3) is 11.1 Å². The summed E-state index contributed by atoms with van der Waals surface area (Å²) < 4.78 is 8.49. The first-order chi connectivity index (χ1) is 10.3. The SMILES string of the molecule is Cn1c(=O)oc2cc(NCc3cn(C(C)(C)C)nn3)ccc21. The van der Waals surface area contributed by atoms with E-state index in [1.54, 1.807) is 7.05 Å². The normalized spacial score (nSPS) is 12.0. The summed E-state index contributed by atoms with van der Waals surface area (Å²) in [5.74, 6) is -0.361. The number of nitrogens with one attached hydrogen (secondary N) is 1. The summed E-state index contributed by atoms with van der Waals surface area (Å²) in [4.78, 5) is 11.5. The molecule has 0 fully saturated rings. The van der Waals surface area contributed by atoms with Crippen LogP contribution in [0, 0.1) is 0 Å². The van der Waals surface area contributed by atoms with Crippen molar-refractivity contribution in [3.8, 4) is 0 Å². The molecular formula is C15H19N5O2. The Bertz CT molecular complexity index is 866. The Balaban J connectivity index is 1.76. The second kappa shape index (κ2) is 5.01. The number of hydrogen-bond donors (Lipinski definition) is 1. The van der Waals surface area contributed by atoms with Gasteiger partial charge in [-0.15, -0.1) is 5.10 Å². The standard InChI is InChI=1S/C15H19N5O2/c1-15(2,3)20-9-11(17-18-20)8-16-10-5-6-12-13(7-10)22-14(21)19(12)4/h5-7,9,16H,8H2,1-4H3. The Hall–Kier alpha value is -2.57. The third-order valence-corrected chi connectivity index (χ3v) is 3.49. The maximum absolute atomic E-state index is 11.5. The molecule has 0 radical (unpaired) electrons. The van der Waals surface area contributed by atoms with Crippen molar-refractivity contribution in [3.05, 3.63) is 40.6 Å². The zero-order valence-electron chi connectivity index (χ0n) is 13.1. The lowest BCUT2D eigenvalue weighted by molar-refractivity contribution is 0.347. The van der Waals surface area contributed by atoms with Crippen molar-refractivity contribution >= 4 is 16.8 Å². The number of nitrogens with zero attached hydrogens (tertiary/aromatic N) is 4. The molecule has 0 unspecified atom stereocenters. The van der Waals surface area contributed by atoms with Crippen LogP contribution in [-0.4, -0.2) is 19.6 Å². The monoisotopic (exact) mass is 301 g/mol. The predicted octanol–water partition coefficient (Wildman–Crippen LogP) is 2.09. The van der Waals surface area contributed by atoms with Gasteiger partial charge in [0.1, 0.15) is 5.69 Å². The van der Waals surface area contributed by atoms with E-state index in [1.165, 1.54) is 4.57 Å². The summed E-state index contributed by atoms with van der Waals surface area (Å²) in [6, 6.07) is 5.57. The molecule has 7 nitrogen and oxygen atoms in total. The van der Waals surface area contributed by atoms with E-state index in [4.69, 9.17) is 4.42 Å². The van der Waals surface area contributed by atoms with Crippen LogP contribution < -0.4 is 11.1 Å². The molecular weight excluding hydrogens is 282 g/mol. The second-order valence-corrected chi connectivity index (χ2v) is 6.29. The third-order valence-electron chi connectivity index (χ3n) is 3.49. The molecule has 3 aromatic rings. The highest BCUT2D eigenvalue weighted by Crippen LogP contribution is 2.18. The average Bonchev–Trinajstić information content (AvgIpc) is 3.02. The average molecular weight is 301 g/mol. The fourth-order valence-corrected chi connectivity index (χ4v) is 2.14.